The summed E-state index contributed by atoms with van der Waals surface area (Å²) in [5.74, 6) is 0.124. The molecule has 0 aliphatic heterocycles. The van der Waals surface area contributed by atoms with Gasteiger partial charge in [0.2, 0.25) is 0 Å². The Hall–Kier alpha value is -2.70. The van der Waals surface area contributed by atoms with E-state index in [1.165, 1.54) is 0 Å². The van der Waals surface area contributed by atoms with Gasteiger partial charge in [-0.1, -0.05) is 6.07 Å². The average molecular weight is 278 g/mol. The van der Waals surface area contributed by atoms with E-state index in [-0.39, 0.29) is 11.7 Å². The molecule has 0 fully saturated rings. The average Bonchev–Trinajstić information content (AvgIpc) is 2.94. The molecule has 0 saturated carbocycles. The molecule has 2 rings (SSSR count). The minimum absolute atomic E-state index is 0.139. The number of hydrogen-bond donors (Lipinski definition) is 2. The van der Waals surface area contributed by atoms with Crippen molar-refractivity contribution in [3.63, 3.8) is 0 Å². The van der Waals surface area contributed by atoms with Crippen LogP contribution in [-0.4, -0.2) is 30.3 Å². The third kappa shape index (κ3) is 3.00. The van der Waals surface area contributed by atoms with Crippen LogP contribution in [0.15, 0.2) is 28.9 Å². The van der Waals surface area contributed by atoms with Crippen molar-refractivity contribution in [2.45, 2.75) is 6.54 Å². The number of aromatic nitrogens is 1. The van der Waals surface area contributed by atoms with Crippen molar-refractivity contribution < 1.29 is 23.8 Å². The number of nitrogens with one attached hydrogen (secondary N) is 1. The number of anilines is 1. The number of hydrogen-bond acceptors (Lipinski definition) is 6. The Morgan fingerprint density at radius 3 is 2.70 bits per heavy atom. The maximum atomic E-state index is 10.7. The molecule has 1 heterocycles. The number of rotatable bonds is 6. The predicted octanol–water partition coefficient (Wildman–Crippen LogP) is 2.00. The van der Waals surface area contributed by atoms with Gasteiger partial charge in [0.1, 0.15) is 6.26 Å². The van der Waals surface area contributed by atoms with E-state index in [0.29, 0.717) is 18.0 Å². The maximum absolute atomic E-state index is 10.7. The monoisotopic (exact) mass is 278 g/mol. The van der Waals surface area contributed by atoms with Crippen LogP contribution in [0, 0.1) is 0 Å². The summed E-state index contributed by atoms with van der Waals surface area (Å²) in [6.45, 7) is 0.417. The second-order valence-corrected chi connectivity index (χ2v) is 3.89. The fourth-order valence-electron chi connectivity index (χ4n) is 1.62. The van der Waals surface area contributed by atoms with Gasteiger partial charge in [0.25, 0.3) is 6.01 Å². The summed E-state index contributed by atoms with van der Waals surface area (Å²) in [5.41, 5.74) is 0.775. The lowest BCUT2D eigenvalue weighted by molar-refractivity contribution is 0.0690. The first-order valence-corrected chi connectivity index (χ1v) is 5.77. The van der Waals surface area contributed by atoms with Gasteiger partial charge in [0.15, 0.2) is 17.2 Å². The first-order chi connectivity index (χ1) is 9.63. The van der Waals surface area contributed by atoms with E-state index in [4.69, 9.17) is 19.0 Å². The Balaban J connectivity index is 2.04. The molecule has 0 aliphatic carbocycles. The van der Waals surface area contributed by atoms with E-state index in [0.717, 1.165) is 11.8 Å². The Labute approximate surface area is 115 Å². The lowest BCUT2D eigenvalue weighted by atomic mass is 10.2. The van der Waals surface area contributed by atoms with Crippen LogP contribution in [0.1, 0.15) is 16.1 Å². The van der Waals surface area contributed by atoms with Gasteiger partial charge in [0.05, 0.1) is 14.2 Å². The normalized spacial score (nSPS) is 10.1. The minimum atomic E-state index is -1.13. The second kappa shape index (κ2) is 5.96. The molecule has 0 aliphatic rings. The Kier molecular flexibility index (Phi) is 4.09. The van der Waals surface area contributed by atoms with Gasteiger partial charge in [-0.2, -0.15) is 4.98 Å². The van der Waals surface area contributed by atoms with Crippen LogP contribution in [0.4, 0.5) is 6.01 Å². The predicted molar refractivity (Wildman–Crippen MR) is 70.3 cm³/mol. The zero-order chi connectivity index (χ0) is 14.5. The highest BCUT2D eigenvalue weighted by molar-refractivity contribution is 5.85. The molecule has 0 amide bonds. The van der Waals surface area contributed by atoms with Gasteiger partial charge < -0.3 is 24.3 Å². The molecule has 2 N–H and O–H groups in total. The first-order valence-electron chi connectivity index (χ1n) is 5.77. The molecule has 2 aromatic rings. The topological polar surface area (TPSA) is 93.8 Å². The molecular weight excluding hydrogens is 264 g/mol. The van der Waals surface area contributed by atoms with E-state index in [9.17, 15) is 4.79 Å². The number of carbonyl (C=O) groups is 1. The molecular formula is C13H14N2O5. The Bertz CT molecular complexity index is 609. The third-order valence-corrected chi connectivity index (χ3v) is 2.61. The van der Waals surface area contributed by atoms with Crippen LogP contribution >= 0.6 is 0 Å². The molecule has 0 unspecified atom stereocenters. The van der Waals surface area contributed by atoms with E-state index < -0.39 is 5.97 Å². The molecule has 0 atom stereocenters. The van der Waals surface area contributed by atoms with Crippen LogP contribution in [0.2, 0.25) is 0 Å². The highest BCUT2D eigenvalue weighted by atomic mass is 16.5. The second-order valence-electron chi connectivity index (χ2n) is 3.89. The lowest BCUT2D eigenvalue weighted by Gasteiger charge is -2.09. The van der Waals surface area contributed by atoms with Crippen LogP contribution in [0.3, 0.4) is 0 Å². The van der Waals surface area contributed by atoms with Crippen molar-refractivity contribution in [1.82, 2.24) is 4.98 Å². The van der Waals surface area contributed by atoms with Crippen molar-refractivity contribution in [1.29, 1.82) is 0 Å². The number of ether oxygens (including phenoxy) is 2. The number of carboxylic acid groups (broad SMARTS) is 1. The van der Waals surface area contributed by atoms with Crippen LogP contribution in [0.5, 0.6) is 11.5 Å². The van der Waals surface area contributed by atoms with Crippen LogP contribution in [0.25, 0.3) is 0 Å². The minimum Gasteiger partial charge on any atom is -0.493 e. The smallest absolute Gasteiger partial charge is 0.357 e. The fraction of sp³-hybridized carbons (Fsp3) is 0.231. The molecule has 7 heteroatoms. The van der Waals surface area contributed by atoms with E-state index in [1.807, 2.05) is 12.1 Å². The first kappa shape index (κ1) is 13.7. The molecule has 7 nitrogen and oxygen atoms in total. The summed E-state index contributed by atoms with van der Waals surface area (Å²) < 4.78 is 15.3. The molecule has 1 aromatic carbocycles. The molecule has 0 bridgehead atoms. The summed E-state index contributed by atoms with van der Waals surface area (Å²) in [7, 11) is 3.12. The van der Waals surface area contributed by atoms with Crippen molar-refractivity contribution >= 4 is 12.0 Å². The van der Waals surface area contributed by atoms with Gasteiger partial charge >= 0.3 is 5.97 Å². The van der Waals surface area contributed by atoms with E-state index in [2.05, 4.69) is 10.3 Å². The Morgan fingerprint density at radius 2 is 2.10 bits per heavy atom. The van der Waals surface area contributed by atoms with Crippen molar-refractivity contribution in [2.75, 3.05) is 19.5 Å². The van der Waals surface area contributed by atoms with Gasteiger partial charge in [-0.25, -0.2) is 4.79 Å². The van der Waals surface area contributed by atoms with Crippen molar-refractivity contribution in [2.24, 2.45) is 0 Å². The van der Waals surface area contributed by atoms with Crippen molar-refractivity contribution in [3.05, 3.63) is 35.7 Å². The number of benzene rings is 1. The van der Waals surface area contributed by atoms with Gasteiger partial charge in [0, 0.05) is 6.54 Å². The number of carboxylic acids is 1. The third-order valence-electron chi connectivity index (χ3n) is 2.61. The largest absolute Gasteiger partial charge is 0.493 e. The van der Waals surface area contributed by atoms with Crippen LogP contribution < -0.4 is 14.8 Å². The van der Waals surface area contributed by atoms with Gasteiger partial charge in [-0.3, -0.25) is 0 Å². The number of aromatic carboxylic acids is 1. The van der Waals surface area contributed by atoms with Crippen LogP contribution in [-0.2, 0) is 6.54 Å². The molecule has 0 saturated heterocycles. The zero-order valence-corrected chi connectivity index (χ0v) is 11.0. The molecule has 0 radical (unpaired) electrons. The van der Waals surface area contributed by atoms with Gasteiger partial charge in [-0.05, 0) is 17.7 Å². The summed E-state index contributed by atoms with van der Waals surface area (Å²) in [6, 6.07) is 5.60. The number of nitrogens with zero attached hydrogens (tertiary/aromatic N) is 1. The quantitative estimate of drug-likeness (QED) is 0.834. The molecule has 1 aromatic heterocycles. The number of oxazole rings is 1. The lowest BCUT2D eigenvalue weighted by Crippen LogP contribution is -2.02. The summed E-state index contributed by atoms with van der Waals surface area (Å²) in [4.78, 5) is 14.4. The summed E-state index contributed by atoms with van der Waals surface area (Å²) >= 11 is 0. The van der Waals surface area contributed by atoms with E-state index >= 15 is 0 Å². The standard InChI is InChI=1S/C13H14N2O5/c1-18-10-4-3-8(5-11(10)19-2)6-14-13-15-9(7-20-13)12(16)17/h3-5,7H,6H2,1-2H3,(H,14,15)(H,16,17). The highest BCUT2D eigenvalue weighted by Gasteiger charge is 2.10. The van der Waals surface area contributed by atoms with E-state index in [1.54, 1.807) is 20.3 Å². The molecule has 20 heavy (non-hydrogen) atoms. The summed E-state index contributed by atoms with van der Waals surface area (Å²) in [6.07, 6.45) is 1.08. The SMILES string of the molecule is COc1ccc(CNc2nc(C(=O)O)co2)cc1OC. The van der Waals surface area contributed by atoms with Crippen molar-refractivity contribution in [3.8, 4) is 11.5 Å². The number of methoxy groups -OCH3 is 2. The maximum Gasteiger partial charge on any atom is 0.357 e. The highest BCUT2D eigenvalue weighted by Crippen LogP contribution is 2.27. The molecule has 0 spiro atoms. The molecule has 106 valence electrons. The Morgan fingerprint density at radius 1 is 1.35 bits per heavy atom. The van der Waals surface area contributed by atoms with Gasteiger partial charge in [-0.15, -0.1) is 0 Å². The fourth-order valence-corrected chi connectivity index (χ4v) is 1.62. The summed E-state index contributed by atoms with van der Waals surface area (Å²) in [5, 5.41) is 11.6. The zero-order valence-electron chi connectivity index (χ0n) is 11.0.